The topological polar surface area (TPSA) is 39.1 Å². The SMILES string of the molecule is COc1ccc(Cl)cc1-n1nc(Cc2ccc(F)cc2)c2c1NCCCC2. The summed E-state index contributed by atoms with van der Waals surface area (Å²) in [5.74, 6) is 1.47. The van der Waals surface area contributed by atoms with Crippen molar-refractivity contribution in [2.24, 2.45) is 0 Å². The van der Waals surface area contributed by atoms with Gasteiger partial charge >= 0.3 is 0 Å². The van der Waals surface area contributed by atoms with Gasteiger partial charge in [0.25, 0.3) is 0 Å². The van der Waals surface area contributed by atoms with Crippen molar-refractivity contribution in [3.63, 3.8) is 0 Å². The van der Waals surface area contributed by atoms with Crippen LogP contribution in [0.25, 0.3) is 5.69 Å². The van der Waals surface area contributed by atoms with Gasteiger partial charge in [0.2, 0.25) is 0 Å². The van der Waals surface area contributed by atoms with Gasteiger partial charge in [-0.15, -0.1) is 0 Å². The number of rotatable bonds is 4. The Morgan fingerprint density at radius 2 is 2.00 bits per heavy atom. The van der Waals surface area contributed by atoms with Crippen molar-refractivity contribution in [2.45, 2.75) is 25.7 Å². The summed E-state index contributed by atoms with van der Waals surface area (Å²) in [6, 6.07) is 12.1. The number of benzene rings is 2. The summed E-state index contributed by atoms with van der Waals surface area (Å²) < 4.78 is 20.7. The minimum Gasteiger partial charge on any atom is -0.494 e. The first-order valence-corrected chi connectivity index (χ1v) is 9.46. The maximum absolute atomic E-state index is 13.2. The van der Waals surface area contributed by atoms with Crippen LogP contribution in [-0.2, 0) is 12.8 Å². The molecule has 0 saturated carbocycles. The van der Waals surface area contributed by atoms with E-state index in [1.165, 1.54) is 17.7 Å². The molecular weight excluding hydrogens is 365 g/mol. The van der Waals surface area contributed by atoms with Gasteiger partial charge in [0.15, 0.2) is 0 Å². The molecule has 2 heterocycles. The van der Waals surface area contributed by atoms with Gasteiger partial charge in [-0.3, -0.25) is 0 Å². The van der Waals surface area contributed by atoms with E-state index in [1.807, 2.05) is 28.9 Å². The fourth-order valence-corrected chi connectivity index (χ4v) is 3.68. The van der Waals surface area contributed by atoms with Crippen molar-refractivity contribution in [1.29, 1.82) is 0 Å². The van der Waals surface area contributed by atoms with Gasteiger partial charge in [-0.05, 0) is 55.2 Å². The lowest BCUT2D eigenvalue weighted by Gasteiger charge is -2.13. The largest absolute Gasteiger partial charge is 0.494 e. The van der Waals surface area contributed by atoms with E-state index in [1.54, 1.807) is 13.2 Å². The standard InChI is InChI=1S/C21H21ClFN3O/c1-27-20-10-7-15(22)13-19(20)26-21-17(4-2-3-11-24-21)18(25-26)12-14-5-8-16(23)9-6-14/h5-10,13,24H,2-4,11-12H2,1H3. The van der Waals surface area contributed by atoms with Crippen molar-refractivity contribution >= 4 is 17.4 Å². The van der Waals surface area contributed by atoms with Gasteiger partial charge in [-0.2, -0.15) is 5.10 Å². The van der Waals surface area contributed by atoms with Crippen LogP contribution in [0.3, 0.4) is 0 Å². The number of nitrogens with zero attached hydrogens (tertiary/aromatic N) is 2. The second kappa shape index (κ2) is 7.61. The van der Waals surface area contributed by atoms with E-state index >= 15 is 0 Å². The van der Waals surface area contributed by atoms with Crippen molar-refractivity contribution < 1.29 is 9.13 Å². The minimum atomic E-state index is -0.228. The summed E-state index contributed by atoms with van der Waals surface area (Å²) in [6.45, 7) is 0.900. The van der Waals surface area contributed by atoms with Crippen LogP contribution < -0.4 is 10.1 Å². The maximum Gasteiger partial charge on any atom is 0.144 e. The van der Waals surface area contributed by atoms with E-state index in [9.17, 15) is 4.39 Å². The van der Waals surface area contributed by atoms with Crippen LogP contribution in [-0.4, -0.2) is 23.4 Å². The van der Waals surface area contributed by atoms with Crippen LogP contribution in [0.4, 0.5) is 10.2 Å². The fourth-order valence-electron chi connectivity index (χ4n) is 3.51. The number of aromatic nitrogens is 2. The highest BCUT2D eigenvalue weighted by atomic mass is 35.5. The summed E-state index contributed by atoms with van der Waals surface area (Å²) >= 11 is 6.24. The van der Waals surface area contributed by atoms with Gasteiger partial charge < -0.3 is 10.1 Å². The Hall–Kier alpha value is -2.53. The van der Waals surface area contributed by atoms with Crippen LogP contribution in [0.15, 0.2) is 42.5 Å². The number of fused-ring (bicyclic) bond motifs is 1. The molecule has 2 aromatic carbocycles. The molecule has 1 aliphatic heterocycles. The Balaban J connectivity index is 1.82. The average molecular weight is 386 g/mol. The first-order chi connectivity index (χ1) is 13.2. The molecule has 0 unspecified atom stereocenters. The first-order valence-electron chi connectivity index (χ1n) is 9.08. The van der Waals surface area contributed by atoms with E-state index in [0.29, 0.717) is 17.2 Å². The van der Waals surface area contributed by atoms with Crippen LogP contribution >= 0.6 is 11.6 Å². The van der Waals surface area contributed by atoms with E-state index in [2.05, 4.69) is 5.32 Å². The summed E-state index contributed by atoms with van der Waals surface area (Å²) in [5.41, 5.74) is 4.04. The van der Waals surface area contributed by atoms with Crippen LogP contribution in [0.2, 0.25) is 5.02 Å². The van der Waals surface area contributed by atoms with Gasteiger partial charge in [0, 0.05) is 23.6 Å². The highest BCUT2D eigenvalue weighted by Gasteiger charge is 2.22. The molecule has 27 heavy (non-hydrogen) atoms. The predicted molar refractivity (Wildman–Crippen MR) is 106 cm³/mol. The number of anilines is 1. The Morgan fingerprint density at radius 3 is 2.78 bits per heavy atom. The molecule has 1 N–H and O–H groups in total. The van der Waals surface area contributed by atoms with Crippen molar-refractivity contribution in [2.75, 3.05) is 19.0 Å². The number of hydrogen-bond donors (Lipinski definition) is 1. The zero-order valence-corrected chi connectivity index (χ0v) is 15.9. The average Bonchev–Trinajstić information content (AvgIpc) is 2.84. The molecule has 140 valence electrons. The Kier molecular flexibility index (Phi) is 5.03. The summed E-state index contributed by atoms with van der Waals surface area (Å²) in [6.07, 6.45) is 3.83. The van der Waals surface area contributed by atoms with Crippen LogP contribution in [0.5, 0.6) is 5.75 Å². The molecule has 6 heteroatoms. The molecule has 0 atom stereocenters. The fraction of sp³-hybridized carbons (Fsp3) is 0.286. The monoisotopic (exact) mass is 385 g/mol. The number of halogens is 2. The zero-order chi connectivity index (χ0) is 18.8. The van der Waals surface area contributed by atoms with Crippen molar-refractivity contribution in [1.82, 2.24) is 9.78 Å². The molecule has 4 rings (SSSR count). The Labute approximate surface area is 162 Å². The molecular formula is C21H21ClFN3O. The third-order valence-corrected chi connectivity index (χ3v) is 5.10. The smallest absolute Gasteiger partial charge is 0.144 e. The molecule has 3 aromatic rings. The molecule has 1 aromatic heterocycles. The Bertz CT molecular complexity index is 953. The van der Waals surface area contributed by atoms with Crippen molar-refractivity contribution in [3.05, 3.63) is 70.1 Å². The Morgan fingerprint density at radius 1 is 1.19 bits per heavy atom. The maximum atomic E-state index is 13.2. The third kappa shape index (κ3) is 3.65. The normalized spacial score (nSPS) is 13.6. The van der Waals surface area contributed by atoms with Gasteiger partial charge in [-0.25, -0.2) is 9.07 Å². The molecule has 0 spiro atoms. The van der Waals surface area contributed by atoms with Crippen LogP contribution in [0, 0.1) is 5.82 Å². The summed E-state index contributed by atoms with van der Waals surface area (Å²) in [4.78, 5) is 0. The predicted octanol–water partition coefficient (Wildman–Crippen LogP) is 5.01. The number of hydrogen-bond acceptors (Lipinski definition) is 3. The second-order valence-corrected chi connectivity index (χ2v) is 7.13. The second-order valence-electron chi connectivity index (χ2n) is 6.69. The van der Waals surface area contributed by atoms with E-state index in [-0.39, 0.29) is 5.82 Å². The lowest BCUT2D eigenvalue weighted by atomic mass is 10.0. The zero-order valence-electron chi connectivity index (χ0n) is 15.1. The molecule has 0 fully saturated rings. The molecule has 0 radical (unpaired) electrons. The number of methoxy groups -OCH3 is 1. The van der Waals surface area contributed by atoms with E-state index < -0.39 is 0 Å². The molecule has 0 amide bonds. The highest BCUT2D eigenvalue weighted by Crippen LogP contribution is 2.34. The van der Waals surface area contributed by atoms with E-state index in [4.69, 9.17) is 21.4 Å². The molecule has 0 saturated heterocycles. The number of nitrogens with one attached hydrogen (secondary N) is 1. The molecule has 0 bridgehead atoms. The van der Waals surface area contributed by atoms with E-state index in [0.717, 1.165) is 48.6 Å². The van der Waals surface area contributed by atoms with Crippen LogP contribution in [0.1, 0.15) is 29.7 Å². The highest BCUT2D eigenvalue weighted by molar-refractivity contribution is 6.30. The minimum absolute atomic E-state index is 0.228. The van der Waals surface area contributed by atoms with Crippen molar-refractivity contribution in [3.8, 4) is 11.4 Å². The third-order valence-electron chi connectivity index (χ3n) is 4.87. The quantitative estimate of drug-likeness (QED) is 0.686. The molecule has 1 aliphatic rings. The molecule has 0 aliphatic carbocycles. The lowest BCUT2D eigenvalue weighted by molar-refractivity contribution is 0.412. The first kappa shape index (κ1) is 17.9. The molecule has 4 nitrogen and oxygen atoms in total. The summed E-state index contributed by atoms with van der Waals surface area (Å²) in [7, 11) is 1.64. The lowest BCUT2D eigenvalue weighted by Crippen LogP contribution is -2.08. The van der Waals surface area contributed by atoms with Gasteiger partial charge in [0.05, 0.1) is 12.8 Å². The summed E-state index contributed by atoms with van der Waals surface area (Å²) in [5, 5.41) is 9.04. The number of ether oxygens (including phenoxy) is 1. The van der Waals surface area contributed by atoms with Gasteiger partial charge in [0.1, 0.15) is 23.1 Å². The van der Waals surface area contributed by atoms with Gasteiger partial charge in [-0.1, -0.05) is 23.7 Å².